The zero-order chi connectivity index (χ0) is 28.8. The Bertz CT molecular complexity index is 1350. The number of nitrogens with zero attached hydrogens (tertiary/aromatic N) is 2. The summed E-state index contributed by atoms with van der Waals surface area (Å²) in [6.07, 6.45) is 10.7. The number of aromatic carboxylic acids is 1. The number of rotatable bonds is 10. The molecule has 0 spiro atoms. The summed E-state index contributed by atoms with van der Waals surface area (Å²) < 4.78 is 5.89. The van der Waals surface area contributed by atoms with Crippen LogP contribution in [-0.2, 0) is 4.79 Å². The first-order valence-corrected chi connectivity index (χ1v) is 15.4. The van der Waals surface area contributed by atoms with Crippen molar-refractivity contribution in [3.05, 3.63) is 81.8 Å². The van der Waals surface area contributed by atoms with Crippen LogP contribution in [0.3, 0.4) is 0 Å². The van der Waals surface area contributed by atoms with Gasteiger partial charge in [0.25, 0.3) is 0 Å². The molecule has 216 valence electrons. The highest BCUT2D eigenvalue weighted by molar-refractivity contribution is 9.10. The molecule has 1 saturated carbocycles. The average molecular weight is 621 g/mol. The van der Waals surface area contributed by atoms with Crippen LogP contribution in [0.1, 0.15) is 84.8 Å². The molecule has 2 aliphatic rings. The molecule has 1 saturated heterocycles. The number of carboxylic acids is 1. The van der Waals surface area contributed by atoms with E-state index in [4.69, 9.17) is 4.74 Å². The highest BCUT2D eigenvalue weighted by Crippen LogP contribution is 2.39. The second-order valence-electron chi connectivity index (χ2n) is 10.9. The standard InChI is InChI=1S/C33H38BrN3O4/c1-41-32-21-26(28(34)20-27(32)33(39)40)29(22-38)35-37(25-16-14-24(15-17-25)23-10-4-2-5-11-23)31-13-7-6-12-30(31)36-18-8-3-9-19-36/h6-7,12-17,20-23,29,35H,2-5,8-11,18-19H2,1H3,(H,39,40). The van der Waals surface area contributed by atoms with E-state index in [2.05, 4.69) is 68.7 Å². The van der Waals surface area contributed by atoms with E-state index in [1.165, 1.54) is 57.3 Å². The van der Waals surface area contributed by atoms with Gasteiger partial charge in [0.05, 0.1) is 24.2 Å². The number of aldehydes is 1. The molecule has 7 nitrogen and oxygen atoms in total. The first-order chi connectivity index (χ1) is 20.0. The van der Waals surface area contributed by atoms with Crippen LogP contribution < -0.4 is 20.1 Å². The van der Waals surface area contributed by atoms with Crippen LogP contribution in [0.15, 0.2) is 65.1 Å². The van der Waals surface area contributed by atoms with Crippen LogP contribution in [0.5, 0.6) is 5.75 Å². The molecule has 2 N–H and O–H groups in total. The Morgan fingerprint density at radius 1 is 1.02 bits per heavy atom. The number of benzene rings is 3. The minimum atomic E-state index is -1.10. The zero-order valence-corrected chi connectivity index (χ0v) is 25.1. The number of nitrogens with one attached hydrogen (secondary N) is 1. The summed E-state index contributed by atoms with van der Waals surface area (Å²) >= 11 is 3.51. The Morgan fingerprint density at radius 3 is 2.37 bits per heavy atom. The number of hydrogen-bond acceptors (Lipinski definition) is 6. The maximum Gasteiger partial charge on any atom is 0.339 e. The van der Waals surface area contributed by atoms with Crippen LogP contribution in [0, 0.1) is 0 Å². The molecule has 1 aliphatic carbocycles. The molecule has 8 heteroatoms. The predicted molar refractivity (Wildman–Crippen MR) is 167 cm³/mol. The monoisotopic (exact) mass is 619 g/mol. The number of halogens is 1. The second-order valence-corrected chi connectivity index (χ2v) is 11.8. The SMILES string of the molecule is COc1cc(C(C=O)NN(c2ccc(C3CCCCC3)cc2)c2ccccc2N2CCCCC2)c(Br)cc1C(=O)O. The maximum atomic E-state index is 12.6. The van der Waals surface area contributed by atoms with Crippen LogP contribution >= 0.6 is 15.9 Å². The lowest BCUT2D eigenvalue weighted by Gasteiger charge is -2.36. The summed E-state index contributed by atoms with van der Waals surface area (Å²) in [5.74, 6) is -0.306. The van der Waals surface area contributed by atoms with E-state index in [0.29, 0.717) is 16.0 Å². The lowest BCUT2D eigenvalue weighted by atomic mass is 9.84. The third-order valence-corrected chi connectivity index (χ3v) is 9.02. The average Bonchev–Trinajstić information content (AvgIpc) is 3.03. The van der Waals surface area contributed by atoms with Gasteiger partial charge in [-0.2, -0.15) is 0 Å². The molecule has 0 aromatic heterocycles. The molecular formula is C33H38BrN3O4. The van der Waals surface area contributed by atoms with Crippen molar-refractivity contribution in [2.45, 2.75) is 63.3 Å². The molecule has 0 bridgehead atoms. The maximum absolute atomic E-state index is 12.6. The van der Waals surface area contributed by atoms with E-state index in [1.807, 2.05) is 11.1 Å². The second kappa shape index (κ2) is 13.5. The van der Waals surface area contributed by atoms with Gasteiger partial charge < -0.3 is 19.5 Å². The zero-order valence-electron chi connectivity index (χ0n) is 23.5. The number of hydrazine groups is 1. The number of carbonyl (C=O) groups excluding carboxylic acids is 1. The molecule has 1 atom stereocenters. The van der Waals surface area contributed by atoms with Gasteiger partial charge in [-0.1, -0.05) is 59.5 Å². The van der Waals surface area contributed by atoms with Gasteiger partial charge >= 0.3 is 5.97 Å². The molecule has 41 heavy (non-hydrogen) atoms. The van der Waals surface area contributed by atoms with Gasteiger partial charge in [-0.3, -0.25) is 5.01 Å². The van der Waals surface area contributed by atoms with Crippen molar-refractivity contribution >= 4 is 45.2 Å². The molecule has 1 aliphatic heterocycles. The van der Waals surface area contributed by atoms with Crippen molar-refractivity contribution in [2.24, 2.45) is 0 Å². The van der Waals surface area contributed by atoms with Gasteiger partial charge in [-0.05, 0) is 85.5 Å². The topological polar surface area (TPSA) is 82.1 Å². The van der Waals surface area contributed by atoms with E-state index >= 15 is 0 Å². The fourth-order valence-electron chi connectivity index (χ4n) is 6.13. The van der Waals surface area contributed by atoms with Crippen molar-refractivity contribution in [2.75, 3.05) is 30.1 Å². The summed E-state index contributed by atoms with van der Waals surface area (Å²) in [5, 5.41) is 11.6. The fraction of sp³-hybridized carbons (Fsp3) is 0.394. The quantitative estimate of drug-likeness (QED) is 0.177. The number of ether oxygens (including phenoxy) is 1. The third kappa shape index (κ3) is 6.60. The summed E-state index contributed by atoms with van der Waals surface area (Å²) in [6, 6.07) is 19.3. The van der Waals surface area contributed by atoms with Crippen molar-refractivity contribution in [3.63, 3.8) is 0 Å². The summed E-state index contributed by atoms with van der Waals surface area (Å²) in [7, 11) is 1.43. The van der Waals surface area contributed by atoms with Crippen molar-refractivity contribution in [1.82, 2.24) is 5.43 Å². The molecule has 3 aromatic rings. The molecular weight excluding hydrogens is 582 g/mol. The van der Waals surface area contributed by atoms with E-state index < -0.39 is 12.0 Å². The lowest BCUT2D eigenvalue weighted by molar-refractivity contribution is -0.109. The van der Waals surface area contributed by atoms with Gasteiger partial charge in [0.15, 0.2) is 0 Å². The minimum absolute atomic E-state index is 0.0263. The number of methoxy groups -OCH3 is 1. The van der Waals surface area contributed by atoms with Crippen molar-refractivity contribution < 1.29 is 19.4 Å². The number of piperidine rings is 1. The Balaban J connectivity index is 1.55. The predicted octanol–water partition coefficient (Wildman–Crippen LogP) is 7.78. The van der Waals surface area contributed by atoms with E-state index in [1.54, 1.807) is 6.07 Å². The molecule has 0 amide bonds. The molecule has 2 fully saturated rings. The number of hydrogen-bond donors (Lipinski definition) is 2. The number of carbonyl (C=O) groups is 2. The Labute approximate surface area is 250 Å². The van der Waals surface area contributed by atoms with Gasteiger partial charge in [-0.15, -0.1) is 0 Å². The van der Waals surface area contributed by atoms with Crippen molar-refractivity contribution in [1.29, 1.82) is 0 Å². The first kappa shape index (κ1) is 29.1. The van der Waals surface area contributed by atoms with Gasteiger partial charge in [0.2, 0.25) is 0 Å². The van der Waals surface area contributed by atoms with Gasteiger partial charge in [0, 0.05) is 17.6 Å². The highest BCUT2D eigenvalue weighted by Gasteiger charge is 2.26. The minimum Gasteiger partial charge on any atom is -0.496 e. The third-order valence-electron chi connectivity index (χ3n) is 8.34. The Morgan fingerprint density at radius 2 is 1.71 bits per heavy atom. The molecule has 1 heterocycles. The first-order valence-electron chi connectivity index (χ1n) is 14.6. The normalized spacial score (nSPS) is 16.7. The van der Waals surface area contributed by atoms with Gasteiger partial charge in [-0.25, -0.2) is 10.2 Å². The van der Waals surface area contributed by atoms with Crippen LogP contribution in [-0.4, -0.2) is 37.6 Å². The summed E-state index contributed by atoms with van der Waals surface area (Å²) in [5.41, 5.74) is 8.44. The van der Waals surface area contributed by atoms with Crippen molar-refractivity contribution in [3.8, 4) is 5.75 Å². The summed E-state index contributed by atoms with van der Waals surface area (Å²) in [4.78, 5) is 26.8. The van der Waals surface area contributed by atoms with Crippen LogP contribution in [0.4, 0.5) is 17.1 Å². The Kier molecular flexibility index (Phi) is 9.62. The summed E-state index contributed by atoms with van der Waals surface area (Å²) in [6.45, 7) is 1.98. The molecule has 1 unspecified atom stereocenters. The van der Waals surface area contributed by atoms with E-state index in [0.717, 1.165) is 49.3 Å². The Hall–Kier alpha value is -3.36. The number of para-hydroxylation sites is 2. The number of carboxylic acid groups (broad SMARTS) is 1. The van der Waals surface area contributed by atoms with Gasteiger partial charge in [0.1, 0.15) is 23.6 Å². The molecule has 0 radical (unpaired) electrons. The van der Waals surface area contributed by atoms with E-state index in [9.17, 15) is 14.7 Å². The largest absolute Gasteiger partial charge is 0.496 e. The van der Waals surface area contributed by atoms with E-state index in [-0.39, 0.29) is 11.3 Å². The smallest absolute Gasteiger partial charge is 0.339 e. The molecule has 5 rings (SSSR count). The lowest BCUT2D eigenvalue weighted by Crippen LogP contribution is -2.40. The highest BCUT2D eigenvalue weighted by atomic mass is 79.9. The fourth-order valence-corrected chi connectivity index (χ4v) is 6.72. The van der Waals surface area contributed by atoms with Crippen LogP contribution in [0.25, 0.3) is 0 Å². The molecule has 3 aromatic carbocycles. The number of anilines is 3. The van der Waals surface area contributed by atoms with Crippen LogP contribution in [0.2, 0.25) is 0 Å².